The molecule has 0 unspecified atom stereocenters. The zero-order valence-corrected chi connectivity index (χ0v) is 18.9. The van der Waals surface area contributed by atoms with Crippen LogP contribution >= 0.6 is 0 Å². The maximum absolute atomic E-state index is 13.3. The first-order valence-corrected chi connectivity index (χ1v) is 11.1. The molecular formula is C26H31N3O2. The molecule has 0 radical (unpaired) electrons. The van der Waals surface area contributed by atoms with Crippen LogP contribution < -0.4 is 0 Å². The van der Waals surface area contributed by atoms with Crippen LogP contribution in [0.3, 0.4) is 0 Å². The Kier molecular flexibility index (Phi) is 5.94. The molecule has 1 aliphatic carbocycles. The zero-order valence-electron chi connectivity index (χ0n) is 18.9. The molecule has 1 heterocycles. The Morgan fingerprint density at radius 2 is 1.74 bits per heavy atom. The van der Waals surface area contributed by atoms with E-state index in [1.54, 1.807) is 17.0 Å². The molecule has 0 N–H and O–H groups in total. The summed E-state index contributed by atoms with van der Waals surface area (Å²) in [7, 11) is 1.73. The summed E-state index contributed by atoms with van der Waals surface area (Å²) in [6.45, 7) is 6.30. The fourth-order valence-corrected chi connectivity index (χ4v) is 4.20. The first-order valence-electron chi connectivity index (χ1n) is 11.1. The summed E-state index contributed by atoms with van der Waals surface area (Å²) < 4.78 is 0. The van der Waals surface area contributed by atoms with Crippen LogP contribution in [0.4, 0.5) is 0 Å². The van der Waals surface area contributed by atoms with Crippen molar-refractivity contribution in [2.24, 2.45) is 11.0 Å². The van der Waals surface area contributed by atoms with Gasteiger partial charge in [0.1, 0.15) is 6.54 Å². The van der Waals surface area contributed by atoms with Gasteiger partial charge in [0, 0.05) is 19.4 Å². The molecule has 2 aromatic rings. The van der Waals surface area contributed by atoms with Gasteiger partial charge in [-0.3, -0.25) is 9.59 Å². The maximum atomic E-state index is 13.3. The lowest BCUT2D eigenvalue weighted by Crippen LogP contribution is -2.42. The van der Waals surface area contributed by atoms with Gasteiger partial charge in [-0.1, -0.05) is 48.4 Å². The third kappa shape index (κ3) is 4.41. The number of hydrogen-bond donors (Lipinski definition) is 0. The normalized spacial score (nSPS) is 18.5. The van der Waals surface area contributed by atoms with Gasteiger partial charge in [-0.2, -0.15) is 5.10 Å². The molecule has 2 amide bonds. The Balaban J connectivity index is 1.59. The van der Waals surface area contributed by atoms with Crippen LogP contribution in [-0.2, 0) is 9.59 Å². The molecule has 1 atom stereocenters. The van der Waals surface area contributed by atoms with Crippen LogP contribution in [-0.4, -0.2) is 41.0 Å². The van der Waals surface area contributed by atoms with Crippen molar-refractivity contribution in [2.45, 2.75) is 52.5 Å². The van der Waals surface area contributed by atoms with Crippen molar-refractivity contribution in [1.29, 1.82) is 0 Å². The van der Waals surface area contributed by atoms with E-state index in [1.165, 1.54) is 16.7 Å². The van der Waals surface area contributed by atoms with E-state index in [0.717, 1.165) is 36.1 Å². The number of nitrogens with zero attached hydrogens (tertiary/aromatic N) is 3. The van der Waals surface area contributed by atoms with Crippen LogP contribution in [0.5, 0.6) is 0 Å². The van der Waals surface area contributed by atoms with E-state index >= 15 is 0 Å². The minimum absolute atomic E-state index is 0.0569. The van der Waals surface area contributed by atoms with E-state index in [-0.39, 0.29) is 30.3 Å². The molecule has 1 aliphatic heterocycles. The smallest absolute Gasteiger partial charge is 0.262 e. The van der Waals surface area contributed by atoms with Gasteiger partial charge in [0.15, 0.2) is 0 Å². The van der Waals surface area contributed by atoms with Gasteiger partial charge in [0.05, 0.1) is 11.8 Å². The van der Waals surface area contributed by atoms with Crippen LogP contribution in [0.1, 0.15) is 59.5 Å². The van der Waals surface area contributed by atoms with Crippen LogP contribution in [0.15, 0.2) is 47.6 Å². The molecule has 1 saturated carbocycles. The predicted molar refractivity (Wildman–Crippen MR) is 123 cm³/mol. The third-order valence-corrected chi connectivity index (χ3v) is 6.67. The second-order valence-corrected chi connectivity index (χ2v) is 9.04. The van der Waals surface area contributed by atoms with Crippen molar-refractivity contribution in [3.8, 4) is 0 Å². The van der Waals surface area contributed by atoms with E-state index in [4.69, 9.17) is 5.10 Å². The second kappa shape index (κ2) is 8.66. The summed E-state index contributed by atoms with van der Waals surface area (Å²) in [5.41, 5.74) is 6.66. The molecule has 162 valence electrons. The fraction of sp³-hybridized carbons (Fsp3) is 0.423. The maximum Gasteiger partial charge on any atom is 0.262 e. The number of amides is 2. The first kappa shape index (κ1) is 21.3. The molecule has 2 aliphatic rings. The van der Waals surface area contributed by atoms with E-state index in [0.29, 0.717) is 6.42 Å². The largest absolute Gasteiger partial charge is 0.336 e. The summed E-state index contributed by atoms with van der Waals surface area (Å²) in [6.07, 6.45) is 3.63. The van der Waals surface area contributed by atoms with Gasteiger partial charge in [-0.15, -0.1) is 0 Å². The SMILES string of the molecule is Cc1ccc([C@@H]2CC(c3ccc(C)c(C)c3)=NN2C(=O)CN(C)C(=O)C2CCC2)cc1. The number of aryl methyl sites for hydroxylation is 3. The lowest BCUT2D eigenvalue weighted by Gasteiger charge is -2.30. The van der Waals surface area contributed by atoms with Crippen LogP contribution in [0.2, 0.25) is 0 Å². The highest BCUT2D eigenvalue weighted by molar-refractivity contribution is 6.03. The Morgan fingerprint density at radius 3 is 2.35 bits per heavy atom. The standard InChI is InChI=1S/C26H31N3O2/c1-17-8-11-20(12-9-17)24-15-23(22-13-10-18(2)19(3)14-22)27-29(24)25(30)16-28(4)26(31)21-6-5-7-21/h8-14,21,24H,5-7,15-16H2,1-4H3/t24-/m0/s1. The fourth-order valence-electron chi connectivity index (χ4n) is 4.20. The highest BCUT2D eigenvalue weighted by atomic mass is 16.2. The van der Waals surface area contributed by atoms with Crippen molar-refractivity contribution < 1.29 is 9.59 Å². The predicted octanol–water partition coefficient (Wildman–Crippen LogP) is 4.55. The monoisotopic (exact) mass is 417 g/mol. The Labute approximate surface area is 184 Å². The van der Waals surface area contributed by atoms with Gasteiger partial charge in [-0.05, 0) is 61.9 Å². The summed E-state index contributed by atoms with van der Waals surface area (Å²) >= 11 is 0. The van der Waals surface area contributed by atoms with Crippen molar-refractivity contribution in [3.63, 3.8) is 0 Å². The molecule has 1 fully saturated rings. The van der Waals surface area contributed by atoms with E-state index in [9.17, 15) is 9.59 Å². The van der Waals surface area contributed by atoms with Crippen molar-refractivity contribution in [3.05, 3.63) is 70.3 Å². The van der Waals surface area contributed by atoms with E-state index in [1.807, 2.05) is 0 Å². The average molecular weight is 418 g/mol. The van der Waals surface area contributed by atoms with Gasteiger partial charge in [0.2, 0.25) is 5.91 Å². The molecule has 5 nitrogen and oxygen atoms in total. The Bertz CT molecular complexity index is 1020. The number of benzene rings is 2. The molecule has 0 aromatic heterocycles. The minimum Gasteiger partial charge on any atom is -0.336 e. The Hall–Kier alpha value is -2.95. The lowest BCUT2D eigenvalue weighted by atomic mass is 9.84. The lowest BCUT2D eigenvalue weighted by molar-refractivity contribution is -0.144. The van der Waals surface area contributed by atoms with E-state index < -0.39 is 0 Å². The summed E-state index contributed by atoms with van der Waals surface area (Å²) in [5.74, 6) is 0.0162. The molecular weight excluding hydrogens is 386 g/mol. The minimum atomic E-state index is -0.156. The number of hydrogen-bond acceptors (Lipinski definition) is 3. The highest BCUT2D eigenvalue weighted by Gasteiger charge is 2.35. The number of carbonyl (C=O) groups is 2. The summed E-state index contributed by atoms with van der Waals surface area (Å²) in [4.78, 5) is 27.4. The topological polar surface area (TPSA) is 53.0 Å². The van der Waals surface area contributed by atoms with Gasteiger partial charge >= 0.3 is 0 Å². The zero-order chi connectivity index (χ0) is 22.1. The third-order valence-electron chi connectivity index (χ3n) is 6.67. The number of rotatable bonds is 5. The average Bonchev–Trinajstić information content (AvgIpc) is 3.15. The summed E-state index contributed by atoms with van der Waals surface area (Å²) in [6, 6.07) is 14.4. The van der Waals surface area contributed by atoms with Gasteiger partial charge in [0.25, 0.3) is 5.91 Å². The van der Waals surface area contributed by atoms with Crippen molar-refractivity contribution in [1.82, 2.24) is 9.91 Å². The quantitative estimate of drug-likeness (QED) is 0.717. The summed E-state index contributed by atoms with van der Waals surface area (Å²) in [5, 5.41) is 6.36. The van der Waals surface area contributed by atoms with Crippen molar-refractivity contribution >= 4 is 17.5 Å². The molecule has 0 spiro atoms. The molecule has 5 heteroatoms. The molecule has 31 heavy (non-hydrogen) atoms. The van der Waals surface area contributed by atoms with E-state index in [2.05, 4.69) is 63.2 Å². The number of carbonyl (C=O) groups excluding carboxylic acids is 2. The molecule has 2 aromatic carbocycles. The van der Waals surface area contributed by atoms with Gasteiger partial charge in [-0.25, -0.2) is 5.01 Å². The second-order valence-electron chi connectivity index (χ2n) is 9.04. The number of likely N-dealkylation sites (N-methyl/N-ethyl adjacent to an activating group) is 1. The Morgan fingerprint density at radius 1 is 1.03 bits per heavy atom. The van der Waals surface area contributed by atoms with Crippen LogP contribution in [0, 0.1) is 26.7 Å². The first-order chi connectivity index (χ1) is 14.8. The highest BCUT2D eigenvalue weighted by Crippen LogP contribution is 2.34. The molecule has 4 rings (SSSR count). The molecule has 0 bridgehead atoms. The number of hydrazone groups is 1. The van der Waals surface area contributed by atoms with Gasteiger partial charge < -0.3 is 4.90 Å². The van der Waals surface area contributed by atoms with Crippen molar-refractivity contribution in [2.75, 3.05) is 13.6 Å². The van der Waals surface area contributed by atoms with Crippen LogP contribution in [0.25, 0.3) is 0 Å². The molecule has 0 saturated heterocycles.